The van der Waals surface area contributed by atoms with E-state index >= 15 is 0 Å². The first-order valence-corrected chi connectivity index (χ1v) is 25.5. The monoisotopic (exact) mass is 730 g/mol. The van der Waals surface area contributed by atoms with Crippen LogP contribution < -0.4 is 0 Å². The van der Waals surface area contributed by atoms with Crippen LogP contribution in [0.5, 0.6) is 0 Å². The minimum absolute atomic E-state index is 0.0256. The molecule has 0 N–H and O–H groups in total. The average Bonchev–Trinajstić information content (AvgIpc) is 3.27. The number of hydrogen-bond acceptors (Lipinski definition) is 7. The van der Waals surface area contributed by atoms with E-state index in [9.17, 15) is 9.59 Å². The summed E-state index contributed by atoms with van der Waals surface area (Å²) in [6.07, 6.45) is 7.57. The van der Waals surface area contributed by atoms with Crippen molar-refractivity contribution in [3.8, 4) is 0 Å². The number of carbonyl (C=O) groups is 2. The Hall–Kier alpha value is -1.37. The number of aryl methyl sites for hydroxylation is 1. The summed E-state index contributed by atoms with van der Waals surface area (Å²) in [6, 6.07) is 15.3. The lowest BCUT2D eigenvalue weighted by Crippen LogP contribution is -2.48. The van der Waals surface area contributed by atoms with Crippen LogP contribution in [-0.2, 0) is 29.6 Å². The minimum atomic E-state index is -2.14. The number of thioether (sulfide) groups is 2. The molecule has 2 aromatic carbocycles. The van der Waals surface area contributed by atoms with Crippen molar-refractivity contribution in [2.45, 2.75) is 127 Å². The topological polar surface area (TPSA) is 61.8 Å². The lowest BCUT2D eigenvalue weighted by Gasteiger charge is -2.43. The molecule has 2 aromatic rings. The lowest BCUT2D eigenvalue weighted by atomic mass is 9.93. The third kappa shape index (κ3) is 11.3. The van der Waals surface area contributed by atoms with Crippen LogP contribution in [0, 0.1) is 5.92 Å². The number of ketones is 1. The van der Waals surface area contributed by atoms with Crippen LogP contribution in [-0.4, -0.2) is 69.7 Å². The molecule has 0 aromatic heterocycles. The van der Waals surface area contributed by atoms with E-state index in [1.54, 1.807) is 23.5 Å². The Morgan fingerprint density at radius 2 is 1.56 bits per heavy atom. The van der Waals surface area contributed by atoms with Gasteiger partial charge in [0.05, 0.1) is 29.8 Å². The van der Waals surface area contributed by atoms with Gasteiger partial charge in [-0.05, 0) is 90.3 Å². The summed E-state index contributed by atoms with van der Waals surface area (Å²) in [4.78, 5) is 25.2. The van der Waals surface area contributed by atoms with Crippen LogP contribution in [0.3, 0.4) is 0 Å². The van der Waals surface area contributed by atoms with Crippen LogP contribution in [0.15, 0.2) is 54.6 Å². The highest BCUT2D eigenvalue weighted by Gasteiger charge is 2.48. The molecule has 48 heavy (non-hydrogen) atoms. The van der Waals surface area contributed by atoms with Crippen LogP contribution >= 0.6 is 23.5 Å². The van der Waals surface area contributed by atoms with Gasteiger partial charge in [-0.1, -0.05) is 96.2 Å². The molecule has 1 aliphatic rings. The molecular weight excluding hydrogens is 669 g/mol. The van der Waals surface area contributed by atoms with Crippen molar-refractivity contribution >= 4 is 62.7 Å². The fraction of sp³-hybridized carbons (Fsp3) is 0.641. The summed E-state index contributed by atoms with van der Waals surface area (Å²) >= 11 is 3.34. The van der Waals surface area contributed by atoms with E-state index in [1.165, 1.54) is 23.4 Å². The number of carbonyl (C=O) groups excluding carboxylic acids is 2. The summed E-state index contributed by atoms with van der Waals surface area (Å²) in [7, 11) is -2.84. The lowest BCUT2D eigenvalue weighted by molar-refractivity contribution is -0.137. The van der Waals surface area contributed by atoms with E-state index in [1.807, 2.05) is 0 Å². The summed E-state index contributed by atoms with van der Waals surface area (Å²) in [6.45, 7) is 25.1. The number of Topliss-reactive ketones (excluding diaryl/α,β-unsaturated/α-hetero) is 1. The van der Waals surface area contributed by atoms with Gasteiger partial charge < -0.3 is 13.6 Å². The van der Waals surface area contributed by atoms with Crippen LogP contribution in [0.2, 0.25) is 36.3 Å². The Bertz CT molecular complexity index is 1410. The molecule has 1 fully saturated rings. The zero-order chi connectivity index (χ0) is 36.0. The first-order chi connectivity index (χ1) is 22.2. The fourth-order valence-electron chi connectivity index (χ4n) is 5.56. The van der Waals surface area contributed by atoms with Gasteiger partial charge in [0.15, 0.2) is 16.6 Å². The number of benzene rings is 2. The minimum Gasteiger partial charge on any atom is -0.468 e. The van der Waals surface area contributed by atoms with E-state index in [-0.39, 0.29) is 39.1 Å². The Labute approximate surface area is 302 Å². The van der Waals surface area contributed by atoms with E-state index in [4.69, 9.17) is 13.6 Å². The Morgan fingerprint density at radius 3 is 2.19 bits per heavy atom. The number of hydrogen-bond donors (Lipinski definition) is 0. The van der Waals surface area contributed by atoms with Gasteiger partial charge in [-0.15, -0.1) is 11.8 Å². The molecule has 3 rings (SSSR count). The third-order valence-corrected chi connectivity index (χ3v) is 22.2. The molecule has 0 aliphatic heterocycles. The quantitative estimate of drug-likeness (QED) is 0.0737. The van der Waals surface area contributed by atoms with Gasteiger partial charge in [0, 0.05) is 12.3 Å². The third-order valence-electron chi connectivity index (χ3n) is 10.6. The second-order valence-corrected chi connectivity index (χ2v) is 28.5. The second kappa shape index (κ2) is 16.8. The smallest absolute Gasteiger partial charge is 0.315 e. The van der Waals surface area contributed by atoms with E-state index < -0.39 is 22.2 Å². The molecule has 0 spiro atoms. The molecule has 5 nitrogen and oxygen atoms in total. The normalized spacial score (nSPS) is 20.8. The predicted molar refractivity (Wildman–Crippen MR) is 213 cm³/mol. The van der Waals surface area contributed by atoms with Crippen LogP contribution in [0.25, 0.3) is 10.8 Å². The molecule has 1 saturated carbocycles. The Kier molecular flexibility index (Phi) is 14.3. The first-order valence-electron chi connectivity index (χ1n) is 17.5. The SMILES string of the molecule is COC(=O)CSCCCS[C@H]1C(=O)C[C@@H](O[Si](C)(C)C(C)(C)C)[C@@H]1/C=C/C(C)(CCc1ccc2ccccc2c1)O[Si](C)(C)C(C)(C)C. The summed E-state index contributed by atoms with van der Waals surface area (Å²) < 4.78 is 19.0. The molecule has 0 saturated heterocycles. The van der Waals surface area contributed by atoms with Gasteiger partial charge in [-0.3, -0.25) is 9.59 Å². The standard InChI is InChI=1S/C39H62O5S2Si2/c1-37(2,3)47(9,10)43-34-27-33(40)36(46-25-15-24-45-28-35(41)42-8)32(34)21-23-39(7,44-48(11,12)38(4,5)6)22-20-29-18-19-30-16-13-14-17-31(30)26-29/h13-14,16-19,21,23,26,32,34,36H,15,20,22,24-25,27-28H2,1-12H3/b23-21+/t32-,34+,36+,39?/m0/s1. The zero-order valence-electron chi connectivity index (χ0n) is 31.7. The van der Waals surface area contributed by atoms with E-state index in [2.05, 4.69) is 129 Å². The molecule has 9 heteroatoms. The van der Waals surface area contributed by atoms with Crippen LogP contribution in [0.1, 0.15) is 73.3 Å². The number of methoxy groups -OCH3 is 1. The van der Waals surface area contributed by atoms with Gasteiger partial charge in [-0.25, -0.2) is 0 Å². The number of esters is 1. The average molecular weight is 731 g/mol. The summed E-state index contributed by atoms with van der Waals surface area (Å²) in [5.41, 5.74) is 0.808. The van der Waals surface area contributed by atoms with Gasteiger partial charge >= 0.3 is 5.97 Å². The maximum Gasteiger partial charge on any atom is 0.315 e. The Morgan fingerprint density at radius 1 is 0.917 bits per heavy atom. The van der Waals surface area contributed by atoms with Gasteiger partial charge in [0.2, 0.25) is 0 Å². The van der Waals surface area contributed by atoms with Crippen molar-refractivity contribution in [3.63, 3.8) is 0 Å². The molecule has 1 unspecified atom stereocenters. The van der Waals surface area contributed by atoms with Crippen LogP contribution in [0.4, 0.5) is 0 Å². The first kappa shape index (κ1) is 41.1. The highest BCUT2D eigenvalue weighted by atomic mass is 32.2. The van der Waals surface area contributed by atoms with Crippen molar-refractivity contribution in [1.29, 1.82) is 0 Å². The summed E-state index contributed by atoms with van der Waals surface area (Å²) in [5.74, 6) is 2.15. The summed E-state index contributed by atoms with van der Waals surface area (Å²) in [5, 5.41) is 2.47. The molecule has 0 heterocycles. The second-order valence-electron chi connectivity index (χ2n) is 16.7. The predicted octanol–water partition coefficient (Wildman–Crippen LogP) is 10.5. The largest absolute Gasteiger partial charge is 0.468 e. The highest BCUT2D eigenvalue weighted by molar-refractivity contribution is 8.01. The zero-order valence-corrected chi connectivity index (χ0v) is 35.4. The molecule has 268 valence electrons. The Balaban J connectivity index is 1.90. The van der Waals surface area contributed by atoms with E-state index in [0.29, 0.717) is 12.2 Å². The maximum atomic E-state index is 13.7. The van der Waals surface area contributed by atoms with Crippen molar-refractivity contribution in [2.75, 3.05) is 24.4 Å². The molecule has 0 amide bonds. The van der Waals surface area contributed by atoms with E-state index in [0.717, 1.165) is 30.8 Å². The number of fused-ring (bicyclic) bond motifs is 1. The molecule has 1 aliphatic carbocycles. The molecule has 0 bridgehead atoms. The van der Waals surface area contributed by atoms with Crippen molar-refractivity contribution in [2.24, 2.45) is 5.92 Å². The van der Waals surface area contributed by atoms with Gasteiger partial charge in [0.1, 0.15) is 5.78 Å². The van der Waals surface area contributed by atoms with Gasteiger partial charge in [-0.2, -0.15) is 11.8 Å². The number of rotatable bonds is 16. The number of ether oxygens (including phenoxy) is 1. The van der Waals surface area contributed by atoms with Crippen molar-refractivity contribution < 1.29 is 23.2 Å². The van der Waals surface area contributed by atoms with Crippen molar-refractivity contribution in [1.82, 2.24) is 0 Å². The highest BCUT2D eigenvalue weighted by Crippen LogP contribution is 2.44. The van der Waals surface area contributed by atoms with Crippen molar-refractivity contribution in [3.05, 3.63) is 60.2 Å². The fourth-order valence-corrected chi connectivity index (χ4v) is 10.8. The maximum absolute atomic E-state index is 13.7. The molecule has 4 atom stereocenters. The van der Waals surface area contributed by atoms with Gasteiger partial charge in [0.25, 0.3) is 0 Å². The molecular formula is C39H62O5S2Si2. The molecule has 0 radical (unpaired) electrons.